The number of carbonyl (C=O) groups is 1. The maximum Gasteiger partial charge on any atom is 0.314 e. The summed E-state index contributed by atoms with van der Waals surface area (Å²) in [7, 11) is 0. The van der Waals surface area contributed by atoms with E-state index in [1.807, 2.05) is 19.1 Å². The maximum absolute atomic E-state index is 12.1. The zero-order valence-corrected chi connectivity index (χ0v) is 12.4. The lowest BCUT2D eigenvalue weighted by atomic mass is 9.81. The van der Waals surface area contributed by atoms with Crippen LogP contribution in [0.15, 0.2) is 24.3 Å². The first-order valence-corrected chi connectivity index (χ1v) is 7.67. The standard InChI is InChI=1S/C17H24O3/c1-3-13-5-7-14(8-6-13)17(18)20-16-11-9-15(10-12-16)19-4-2/h9-14H,3-8H2,1-2H3. The average Bonchev–Trinajstić information content (AvgIpc) is 2.49. The van der Waals surface area contributed by atoms with Gasteiger partial charge >= 0.3 is 5.97 Å². The van der Waals surface area contributed by atoms with Crippen molar-refractivity contribution in [2.75, 3.05) is 6.61 Å². The maximum atomic E-state index is 12.1. The van der Waals surface area contributed by atoms with Crippen LogP contribution in [0.5, 0.6) is 11.5 Å². The van der Waals surface area contributed by atoms with Crippen LogP contribution in [0, 0.1) is 11.8 Å². The van der Waals surface area contributed by atoms with E-state index in [0.29, 0.717) is 12.4 Å². The van der Waals surface area contributed by atoms with Gasteiger partial charge in [-0.05, 0) is 62.8 Å². The quantitative estimate of drug-likeness (QED) is 0.597. The minimum absolute atomic E-state index is 0.0735. The molecule has 0 aliphatic heterocycles. The molecule has 0 unspecified atom stereocenters. The molecule has 0 spiro atoms. The molecule has 1 aliphatic carbocycles. The number of rotatable bonds is 5. The van der Waals surface area contributed by atoms with Crippen LogP contribution in [-0.2, 0) is 4.79 Å². The van der Waals surface area contributed by atoms with Gasteiger partial charge in [0.15, 0.2) is 0 Å². The lowest BCUT2D eigenvalue weighted by molar-refractivity contribution is -0.140. The SMILES string of the molecule is CCOc1ccc(OC(=O)C2CCC(CC)CC2)cc1. The Kier molecular flexibility index (Phi) is 5.45. The third-order valence-electron chi connectivity index (χ3n) is 4.11. The molecule has 3 heteroatoms. The van der Waals surface area contributed by atoms with Crippen molar-refractivity contribution in [3.05, 3.63) is 24.3 Å². The molecule has 2 rings (SSSR count). The van der Waals surface area contributed by atoms with E-state index in [0.717, 1.165) is 37.4 Å². The molecule has 0 N–H and O–H groups in total. The topological polar surface area (TPSA) is 35.5 Å². The van der Waals surface area contributed by atoms with Gasteiger partial charge in [0.1, 0.15) is 11.5 Å². The zero-order valence-electron chi connectivity index (χ0n) is 12.4. The fraction of sp³-hybridized carbons (Fsp3) is 0.588. The fourth-order valence-electron chi connectivity index (χ4n) is 2.78. The molecule has 0 heterocycles. The van der Waals surface area contributed by atoms with Crippen molar-refractivity contribution in [2.45, 2.75) is 46.0 Å². The molecule has 1 aliphatic rings. The van der Waals surface area contributed by atoms with Crippen LogP contribution < -0.4 is 9.47 Å². The van der Waals surface area contributed by atoms with Crippen LogP contribution in [0.1, 0.15) is 46.0 Å². The number of hydrogen-bond donors (Lipinski definition) is 0. The van der Waals surface area contributed by atoms with Crippen molar-refractivity contribution in [1.82, 2.24) is 0 Å². The molecule has 0 atom stereocenters. The van der Waals surface area contributed by atoms with E-state index in [4.69, 9.17) is 9.47 Å². The molecule has 1 fully saturated rings. The summed E-state index contributed by atoms with van der Waals surface area (Å²) in [5.41, 5.74) is 0. The van der Waals surface area contributed by atoms with Gasteiger partial charge in [-0.2, -0.15) is 0 Å². The average molecular weight is 276 g/mol. The predicted octanol–water partition coefficient (Wildman–Crippen LogP) is 4.21. The molecule has 0 amide bonds. The second kappa shape index (κ2) is 7.32. The normalized spacial score (nSPS) is 22.3. The first-order chi connectivity index (χ1) is 9.72. The Morgan fingerprint density at radius 3 is 2.20 bits per heavy atom. The van der Waals surface area contributed by atoms with Crippen LogP contribution in [0.3, 0.4) is 0 Å². The molecule has 1 aromatic rings. The number of carbonyl (C=O) groups excluding carboxylic acids is 1. The van der Waals surface area contributed by atoms with E-state index in [-0.39, 0.29) is 11.9 Å². The van der Waals surface area contributed by atoms with Crippen LogP contribution in [0.2, 0.25) is 0 Å². The summed E-state index contributed by atoms with van der Waals surface area (Å²) in [5.74, 6) is 2.20. The summed E-state index contributed by atoms with van der Waals surface area (Å²) < 4.78 is 10.8. The summed E-state index contributed by atoms with van der Waals surface area (Å²) in [6, 6.07) is 7.25. The van der Waals surface area contributed by atoms with Crippen molar-refractivity contribution < 1.29 is 14.3 Å². The van der Waals surface area contributed by atoms with Gasteiger partial charge in [0.05, 0.1) is 12.5 Å². The summed E-state index contributed by atoms with van der Waals surface area (Å²) in [4.78, 5) is 12.1. The molecule has 0 bridgehead atoms. The van der Waals surface area contributed by atoms with Crippen LogP contribution >= 0.6 is 0 Å². The van der Waals surface area contributed by atoms with Crippen molar-refractivity contribution in [2.24, 2.45) is 11.8 Å². The van der Waals surface area contributed by atoms with Crippen molar-refractivity contribution in [1.29, 1.82) is 0 Å². The van der Waals surface area contributed by atoms with E-state index in [1.165, 1.54) is 6.42 Å². The number of benzene rings is 1. The highest BCUT2D eigenvalue weighted by molar-refractivity contribution is 5.75. The van der Waals surface area contributed by atoms with Crippen LogP contribution in [-0.4, -0.2) is 12.6 Å². The van der Waals surface area contributed by atoms with Crippen molar-refractivity contribution in [3.63, 3.8) is 0 Å². The minimum atomic E-state index is -0.0799. The van der Waals surface area contributed by atoms with Gasteiger partial charge in [-0.1, -0.05) is 13.3 Å². The van der Waals surface area contributed by atoms with Crippen LogP contribution in [0.25, 0.3) is 0 Å². The predicted molar refractivity (Wildman–Crippen MR) is 79.0 cm³/mol. The molecule has 0 saturated heterocycles. The third-order valence-corrected chi connectivity index (χ3v) is 4.11. The molecule has 3 nitrogen and oxygen atoms in total. The number of ether oxygens (including phenoxy) is 2. The Labute approximate surface area is 121 Å². The molecule has 110 valence electrons. The third kappa shape index (κ3) is 3.99. The van der Waals surface area contributed by atoms with Gasteiger partial charge in [0, 0.05) is 0 Å². The monoisotopic (exact) mass is 276 g/mol. The van der Waals surface area contributed by atoms with Gasteiger partial charge < -0.3 is 9.47 Å². The van der Waals surface area contributed by atoms with Crippen molar-refractivity contribution in [3.8, 4) is 11.5 Å². The summed E-state index contributed by atoms with van der Waals surface area (Å²) >= 11 is 0. The van der Waals surface area contributed by atoms with E-state index in [9.17, 15) is 4.79 Å². The van der Waals surface area contributed by atoms with Gasteiger partial charge in [0.2, 0.25) is 0 Å². The lowest BCUT2D eigenvalue weighted by Crippen LogP contribution is -2.25. The molecular formula is C17H24O3. The first-order valence-electron chi connectivity index (χ1n) is 7.67. The summed E-state index contributed by atoms with van der Waals surface area (Å²) in [5, 5.41) is 0. The molecule has 0 aromatic heterocycles. The Hall–Kier alpha value is -1.51. The first kappa shape index (κ1) is 14.9. The minimum Gasteiger partial charge on any atom is -0.494 e. The van der Waals surface area contributed by atoms with E-state index in [2.05, 4.69) is 6.92 Å². The number of esters is 1. The fourth-order valence-corrected chi connectivity index (χ4v) is 2.78. The van der Waals surface area contributed by atoms with Gasteiger partial charge in [0.25, 0.3) is 0 Å². The molecule has 1 aromatic carbocycles. The van der Waals surface area contributed by atoms with Crippen LogP contribution in [0.4, 0.5) is 0 Å². The zero-order chi connectivity index (χ0) is 14.4. The lowest BCUT2D eigenvalue weighted by Gasteiger charge is -2.26. The van der Waals surface area contributed by atoms with Gasteiger partial charge in [-0.3, -0.25) is 4.79 Å². The molecular weight excluding hydrogens is 252 g/mol. The van der Waals surface area contributed by atoms with E-state index >= 15 is 0 Å². The van der Waals surface area contributed by atoms with E-state index < -0.39 is 0 Å². The highest BCUT2D eigenvalue weighted by Crippen LogP contribution is 2.31. The van der Waals surface area contributed by atoms with Crippen molar-refractivity contribution >= 4 is 5.97 Å². The largest absolute Gasteiger partial charge is 0.494 e. The summed E-state index contributed by atoms with van der Waals surface area (Å²) in [6.07, 6.45) is 5.46. The molecule has 0 radical (unpaired) electrons. The van der Waals surface area contributed by atoms with Gasteiger partial charge in [-0.25, -0.2) is 0 Å². The second-order valence-electron chi connectivity index (χ2n) is 5.45. The molecule has 1 saturated carbocycles. The highest BCUT2D eigenvalue weighted by Gasteiger charge is 2.26. The Balaban J connectivity index is 1.85. The van der Waals surface area contributed by atoms with Gasteiger partial charge in [-0.15, -0.1) is 0 Å². The summed E-state index contributed by atoms with van der Waals surface area (Å²) in [6.45, 7) is 4.81. The van der Waals surface area contributed by atoms with E-state index in [1.54, 1.807) is 12.1 Å². The Morgan fingerprint density at radius 2 is 1.65 bits per heavy atom. The second-order valence-corrected chi connectivity index (χ2v) is 5.45. The number of hydrogen-bond acceptors (Lipinski definition) is 3. The smallest absolute Gasteiger partial charge is 0.314 e. The highest BCUT2D eigenvalue weighted by atomic mass is 16.5. The Bertz CT molecular complexity index is 416. The Morgan fingerprint density at radius 1 is 1.05 bits per heavy atom. The molecule has 20 heavy (non-hydrogen) atoms.